The van der Waals surface area contributed by atoms with Crippen LogP contribution in [0.1, 0.15) is 15.9 Å². The fourth-order valence-corrected chi connectivity index (χ4v) is 3.42. The maximum atomic E-state index is 12.6. The summed E-state index contributed by atoms with van der Waals surface area (Å²) in [5.41, 5.74) is 2.91. The lowest BCUT2D eigenvalue weighted by Gasteiger charge is -2.36. The lowest BCUT2D eigenvalue weighted by atomic mass is 10.00. The summed E-state index contributed by atoms with van der Waals surface area (Å²) in [6, 6.07) is 7.86. The van der Waals surface area contributed by atoms with Crippen molar-refractivity contribution in [2.24, 2.45) is 0 Å². The molecule has 2 aliphatic heterocycles. The van der Waals surface area contributed by atoms with Crippen molar-refractivity contribution in [2.75, 3.05) is 39.5 Å². The van der Waals surface area contributed by atoms with Gasteiger partial charge in [-0.05, 0) is 29.3 Å². The van der Waals surface area contributed by atoms with Crippen LogP contribution in [0.4, 0.5) is 0 Å². The summed E-state index contributed by atoms with van der Waals surface area (Å²) in [7, 11) is 0. The topological polar surface area (TPSA) is 92.7 Å². The van der Waals surface area contributed by atoms with Gasteiger partial charge in [0, 0.05) is 37.5 Å². The third-order valence-corrected chi connectivity index (χ3v) is 5.04. The van der Waals surface area contributed by atoms with Gasteiger partial charge in [-0.15, -0.1) is 0 Å². The number of fused-ring (bicyclic) bond motifs is 1. The molecule has 4 rings (SSSR count). The summed E-state index contributed by atoms with van der Waals surface area (Å²) >= 11 is 0. The van der Waals surface area contributed by atoms with Gasteiger partial charge >= 0.3 is 0 Å². The molecule has 1 aromatic carbocycles. The smallest absolute Gasteiger partial charge is 0.252 e. The Morgan fingerprint density at radius 3 is 3.00 bits per heavy atom. The Labute approximate surface area is 157 Å². The first kappa shape index (κ1) is 17.9. The van der Waals surface area contributed by atoms with E-state index < -0.39 is 5.54 Å². The number of aliphatic hydroxyl groups is 1. The molecule has 2 aromatic rings. The molecule has 3 N–H and O–H groups in total. The number of benzene rings is 1. The SMILES string of the molecule is O=C(NCC1(CO)COCCN1)c1cncc(-c2ccc3c(c2)CCO3)c1. The van der Waals surface area contributed by atoms with Crippen molar-refractivity contribution in [3.05, 3.63) is 47.8 Å². The van der Waals surface area contributed by atoms with Crippen molar-refractivity contribution in [2.45, 2.75) is 12.0 Å². The number of hydrogen-bond donors (Lipinski definition) is 3. The number of amides is 1. The number of pyridine rings is 1. The number of ether oxygens (including phenoxy) is 2. The normalized spacial score (nSPS) is 21.4. The van der Waals surface area contributed by atoms with Crippen LogP contribution in [0.3, 0.4) is 0 Å². The summed E-state index contributed by atoms with van der Waals surface area (Å²) in [5.74, 6) is 0.700. The van der Waals surface area contributed by atoms with Crippen molar-refractivity contribution >= 4 is 5.91 Å². The minimum Gasteiger partial charge on any atom is -0.493 e. The second kappa shape index (κ2) is 7.64. The zero-order valence-corrected chi connectivity index (χ0v) is 15.0. The highest BCUT2D eigenvalue weighted by Gasteiger charge is 2.32. The number of carbonyl (C=O) groups excluding carboxylic acids is 1. The van der Waals surface area contributed by atoms with Crippen LogP contribution in [0.5, 0.6) is 5.75 Å². The fraction of sp³-hybridized carbons (Fsp3) is 0.400. The number of nitrogens with zero attached hydrogens (tertiary/aromatic N) is 1. The first-order valence-electron chi connectivity index (χ1n) is 9.12. The Hall–Kier alpha value is -2.48. The van der Waals surface area contributed by atoms with Crippen molar-refractivity contribution in [3.63, 3.8) is 0 Å². The summed E-state index contributed by atoms with van der Waals surface area (Å²) in [4.78, 5) is 16.8. The largest absolute Gasteiger partial charge is 0.493 e. The average Bonchev–Trinajstić information content (AvgIpc) is 3.20. The second-order valence-electron chi connectivity index (χ2n) is 6.98. The summed E-state index contributed by atoms with van der Waals surface area (Å²) in [5, 5.41) is 15.8. The van der Waals surface area contributed by atoms with Gasteiger partial charge in [0.15, 0.2) is 0 Å². The molecule has 7 nitrogen and oxygen atoms in total. The first-order chi connectivity index (χ1) is 13.2. The lowest BCUT2D eigenvalue weighted by molar-refractivity contribution is 0.0000328. The minimum atomic E-state index is -0.640. The summed E-state index contributed by atoms with van der Waals surface area (Å²) in [6.07, 6.45) is 4.20. The second-order valence-corrected chi connectivity index (χ2v) is 6.98. The van der Waals surface area contributed by atoms with Crippen LogP contribution in [0.2, 0.25) is 0 Å². The molecule has 0 radical (unpaired) electrons. The van der Waals surface area contributed by atoms with Crippen LogP contribution in [0, 0.1) is 0 Å². The number of carbonyl (C=O) groups is 1. The van der Waals surface area contributed by atoms with Crippen LogP contribution >= 0.6 is 0 Å². The van der Waals surface area contributed by atoms with Gasteiger partial charge in [0.05, 0.1) is 37.5 Å². The zero-order chi connectivity index (χ0) is 18.7. The van der Waals surface area contributed by atoms with Crippen molar-refractivity contribution < 1.29 is 19.4 Å². The molecule has 27 heavy (non-hydrogen) atoms. The average molecular weight is 369 g/mol. The van der Waals surface area contributed by atoms with Gasteiger partial charge in [-0.25, -0.2) is 0 Å². The van der Waals surface area contributed by atoms with Gasteiger partial charge in [0.25, 0.3) is 5.91 Å². The van der Waals surface area contributed by atoms with E-state index in [1.165, 1.54) is 5.56 Å². The summed E-state index contributed by atoms with van der Waals surface area (Å²) in [6.45, 7) is 2.50. The number of aliphatic hydroxyl groups excluding tert-OH is 1. The minimum absolute atomic E-state index is 0.108. The van der Waals surface area contributed by atoms with E-state index in [2.05, 4.69) is 21.7 Å². The molecule has 7 heteroatoms. The third kappa shape index (κ3) is 3.80. The fourth-order valence-electron chi connectivity index (χ4n) is 3.42. The monoisotopic (exact) mass is 369 g/mol. The van der Waals surface area contributed by atoms with E-state index in [1.807, 2.05) is 18.2 Å². The van der Waals surface area contributed by atoms with E-state index in [9.17, 15) is 9.90 Å². The van der Waals surface area contributed by atoms with Crippen molar-refractivity contribution in [3.8, 4) is 16.9 Å². The highest BCUT2D eigenvalue weighted by atomic mass is 16.5. The standard InChI is InChI=1S/C20H23N3O4/c24-12-20(13-26-6-4-23-20)11-22-19(25)17-8-16(9-21-10-17)14-1-2-18-15(7-14)3-5-27-18/h1-2,7-10,23-24H,3-6,11-13H2,(H,22,25). The van der Waals surface area contributed by atoms with Gasteiger partial charge in [-0.1, -0.05) is 6.07 Å². The molecular weight excluding hydrogens is 346 g/mol. The van der Waals surface area contributed by atoms with Crippen LogP contribution in [-0.4, -0.2) is 61.1 Å². The molecule has 1 saturated heterocycles. The molecule has 2 aliphatic rings. The quantitative estimate of drug-likeness (QED) is 0.721. The molecule has 0 spiro atoms. The number of hydrogen-bond acceptors (Lipinski definition) is 6. The predicted molar refractivity (Wildman–Crippen MR) is 99.8 cm³/mol. The van der Waals surface area contributed by atoms with Crippen molar-refractivity contribution in [1.29, 1.82) is 0 Å². The Morgan fingerprint density at radius 1 is 1.26 bits per heavy atom. The first-order valence-corrected chi connectivity index (χ1v) is 9.12. The van der Waals surface area contributed by atoms with E-state index in [-0.39, 0.29) is 19.1 Å². The van der Waals surface area contributed by atoms with Gasteiger partial charge in [0.1, 0.15) is 5.75 Å². The molecule has 0 aliphatic carbocycles. The third-order valence-electron chi connectivity index (χ3n) is 5.04. The maximum absolute atomic E-state index is 12.6. The molecule has 3 heterocycles. The molecule has 142 valence electrons. The Bertz CT molecular complexity index is 834. The molecule has 0 bridgehead atoms. The van der Waals surface area contributed by atoms with E-state index >= 15 is 0 Å². The van der Waals surface area contributed by atoms with E-state index in [1.54, 1.807) is 12.4 Å². The number of aromatic nitrogens is 1. The molecule has 1 fully saturated rings. The van der Waals surface area contributed by atoms with Crippen LogP contribution in [0.15, 0.2) is 36.7 Å². The predicted octanol–water partition coefficient (Wildman–Crippen LogP) is 0.764. The Kier molecular flexibility index (Phi) is 5.07. The van der Waals surface area contributed by atoms with Gasteiger partial charge in [-0.2, -0.15) is 0 Å². The zero-order valence-electron chi connectivity index (χ0n) is 15.0. The van der Waals surface area contributed by atoms with E-state index in [4.69, 9.17) is 9.47 Å². The Morgan fingerprint density at radius 2 is 2.19 bits per heavy atom. The van der Waals surface area contributed by atoms with Crippen LogP contribution in [0.25, 0.3) is 11.1 Å². The highest BCUT2D eigenvalue weighted by Crippen LogP contribution is 2.30. The van der Waals surface area contributed by atoms with Gasteiger partial charge in [0.2, 0.25) is 0 Å². The van der Waals surface area contributed by atoms with Gasteiger partial charge < -0.3 is 25.2 Å². The summed E-state index contributed by atoms with van der Waals surface area (Å²) < 4.78 is 11.0. The number of nitrogens with one attached hydrogen (secondary N) is 2. The molecule has 1 unspecified atom stereocenters. The molecular formula is C20H23N3O4. The van der Waals surface area contributed by atoms with Crippen LogP contribution < -0.4 is 15.4 Å². The maximum Gasteiger partial charge on any atom is 0.252 e. The van der Waals surface area contributed by atoms with Crippen molar-refractivity contribution in [1.82, 2.24) is 15.6 Å². The lowest BCUT2D eigenvalue weighted by Crippen LogP contribution is -2.62. The molecule has 1 atom stereocenters. The van der Waals surface area contributed by atoms with Gasteiger partial charge in [-0.3, -0.25) is 9.78 Å². The van der Waals surface area contributed by atoms with E-state index in [0.29, 0.717) is 31.9 Å². The van der Waals surface area contributed by atoms with E-state index in [0.717, 1.165) is 23.3 Å². The molecule has 1 amide bonds. The Balaban J connectivity index is 1.48. The molecule has 0 saturated carbocycles. The van der Waals surface area contributed by atoms with Crippen LogP contribution in [-0.2, 0) is 11.2 Å². The molecule has 1 aromatic heterocycles. The number of rotatable bonds is 5. The highest BCUT2D eigenvalue weighted by molar-refractivity contribution is 5.95. The number of morpholine rings is 1.